The van der Waals surface area contributed by atoms with E-state index < -0.39 is 0 Å². The Kier molecular flexibility index (Phi) is 4.73. The Bertz CT molecular complexity index is 1300. The molecular weight excluding hydrogens is 406 g/mol. The van der Waals surface area contributed by atoms with Crippen LogP contribution in [0.25, 0.3) is 11.0 Å². The molecule has 0 bridgehead atoms. The number of amides is 2. The summed E-state index contributed by atoms with van der Waals surface area (Å²) in [4.78, 5) is 43.3. The fourth-order valence-electron chi connectivity index (χ4n) is 5.07. The lowest BCUT2D eigenvalue weighted by Gasteiger charge is -2.46. The van der Waals surface area contributed by atoms with Crippen LogP contribution in [0.15, 0.2) is 60.0 Å². The molecule has 8 heteroatoms. The molecule has 1 saturated carbocycles. The second kappa shape index (κ2) is 7.47. The maximum atomic E-state index is 12.9. The molecule has 1 aliphatic heterocycles. The molecule has 2 amide bonds. The van der Waals surface area contributed by atoms with Gasteiger partial charge in [0.05, 0.1) is 11.0 Å². The Morgan fingerprint density at radius 3 is 2.78 bits per heavy atom. The van der Waals surface area contributed by atoms with Crippen LogP contribution in [-0.4, -0.2) is 43.9 Å². The van der Waals surface area contributed by atoms with Crippen molar-refractivity contribution < 1.29 is 9.59 Å². The number of hydrogen-bond acceptors (Lipinski definition) is 4. The number of nitrogens with zero attached hydrogens (tertiary/aromatic N) is 4. The second-order valence-corrected chi connectivity index (χ2v) is 8.89. The molecule has 32 heavy (non-hydrogen) atoms. The maximum Gasteiger partial charge on any atom is 0.258 e. The molecule has 1 N–H and O–H groups in total. The molecule has 5 rings (SSSR count). The summed E-state index contributed by atoms with van der Waals surface area (Å²) < 4.78 is 3.51. The number of benzene rings is 1. The number of imidazole rings is 1. The molecule has 1 aliphatic carbocycles. The van der Waals surface area contributed by atoms with E-state index in [-0.39, 0.29) is 28.8 Å². The minimum Gasteiger partial charge on any atom is -0.339 e. The molecule has 1 saturated heterocycles. The average molecular weight is 431 g/mol. The number of pyridine rings is 1. The number of fused-ring (bicyclic) bond motifs is 1. The molecule has 2 fully saturated rings. The molecule has 0 atom stereocenters. The van der Waals surface area contributed by atoms with Crippen molar-refractivity contribution in [1.82, 2.24) is 19.0 Å². The zero-order valence-corrected chi connectivity index (χ0v) is 18.0. The maximum absolute atomic E-state index is 12.9. The number of nitrogens with one attached hydrogen (secondary N) is 1. The highest BCUT2D eigenvalue weighted by Crippen LogP contribution is 2.55. The summed E-state index contributed by atoms with van der Waals surface area (Å²) in [5, 5.41) is 2.91. The first kappa shape index (κ1) is 20.2. The average Bonchev–Trinajstić information content (AvgIpc) is 3.36. The monoisotopic (exact) mass is 431 g/mol. The SMILES string of the molecule is C=CC(=O)N1CC[C@]2(C1)C[C@H](n1c(NC(=O)c3ccn(C)c(=O)c3)nc3ccccc31)C2. The zero-order valence-electron chi connectivity index (χ0n) is 18.0. The molecule has 3 aromatic rings. The zero-order chi connectivity index (χ0) is 22.5. The summed E-state index contributed by atoms with van der Waals surface area (Å²) >= 11 is 0. The molecule has 164 valence electrons. The van der Waals surface area contributed by atoms with Crippen molar-refractivity contribution in [3.63, 3.8) is 0 Å². The van der Waals surface area contributed by atoms with Gasteiger partial charge in [0.25, 0.3) is 11.5 Å². The molecule has 0 unspecified atom stereocenters. The van der Waals surface area contributed by atoms with E-state index in [9.17, 15) is 14.4 Å². The van der Waals surface area contributed by atoms with Gasteiger partial charge < -0.3 is 14.0 Å². The van der Waals surface area contributed by atoms with Crippen molar-refractivity contribution in [3.05, 3.63) is 71.2 Å². The highest BCUT2D eigenvalue weighted by Gasteiger charge is 2.50. The number of hydrogen-bond donors (Lipinski definition) is 1. The van der Waals surface area contributed by atoms with Crippen LogP contribution in [0.1, 0.15) is 35.7 Å². The molecule has 1 spiro atoms. The predicted molar refractivity (Wildman–Crippen MR) is 121 cm³/mol. The predicted octanol–water partition coefficient (Wildman–Crippen LogP) is 2.73. The van der Waals surface area contributed by atoms with Crippen molar-refractivity contribution in [3.8, 4) is 0 Å². The summed E-state index contributed by atoms with van der Waals surface area (Å²) in [7, 11) is 1.64. The van der Waals surface area contributed by atoms with Gasteiger partial charge in [-0.05, 0) is 49.0 Å². The normalized spacial score (nSPS) is 22.2. The van der Waals surface area contributed by atoms with Crippen molar-refractivity contribution in [2.75, 3.05) is 18.4 Å². The van der Waals surface area contributed by atoms with Gasteiger partial charge in [0, 0.05) is 44.0 Å². The van der Waals surface area contributed by atoms with Crippen LogP contribution in [0.4, 0.5) is 5.95 Å². The Labute approximate surface area is 185 Å². The van der Waals surface area contributed by atoms with Crippen molar-refractivity contribution in [2.45, 2.75) is 25.3 Å². The largest absolute Gasteiger partial charge is 0.339 e. The smallest absolute Gasteiger partial charge is 0.258 e. The molecule has 1 aromatic carbocycles. The van der Waals surface area contributed by atoms with E-state index in [4.69, 9.17) is 0 Å². The molecule has 8 nitrogen and oxygen atoms in total. The molecule has 0 radical (unpaired) electrons. The number of aromatic nitrogens is 3. The number of likely N-dealkylation sites (tertiary alicyclic amines) is 1. The first-order valence-electron chi connectivity index (χ1n) is 10.8. The third kappa shape index (κ3) is 3.32. The fourth-order valence-corrected chi connectivity index (χ4v) is 5.07. The van der Waals surface area contributed by atoms with Crippen LogP contribution in [0.3, 0.4) is 0 Å². The third-order valence-electron chi connectivity index (χ3n) is 6.81. The van der Waals surface area contributed by atoms with Gasteiger partial charge >= 0.3 is 0 Å². The Balaban J connectivity index is 1.41. The van der Waals surface area contributed by atoms with Gasteiger partial charge in [0.15, 0.2) is 0 Å². The third-order valence-corrected chi connectivity index (χ3v) is 6.81. The fraction of sp³-hybridized carbons (Fsp3) is 0.333. The van der Waals surface area contributed by atoms with Gasteiger partial charge in [0.1, 0.15) is 0 Å². The van der Waals surface area contributed by atoms with Crippen molar-refractivity contribution in [1.29, 1.82) is 0 Å². The van der Waals surface area contributed by atoms with Gasteiger partial charge in [-0.1, -0.05) is 18.7 Å². The van der Waals surface area contributed by atoms with Gasteiger partial charge in [-0.15, -0.1) is 0 Å². The first-order valence-corrected chi connectivity index (χ1v) is 10.8. The molecule has 3 heterocycles. The lowest BCUT2D eigenvalue weighted by atomic mass is 9.65. The summed E-state index contributed by atoms with van der Waals surface area (Å²) in [6.07, 6.45) is 5.77. The van der Waals surface area contributed by atoms with Crippen LogP contribution in [0, 0.1) is 5.41 Å². The first-order chi connectivity index (χ1) is 15.4. The van der Waals surface area contributed by atoms with E-state index >= 15 is 0 Å². The highest BCUT2D eigenvalue weighted by molar-refractivity contribution is 6.04. The topological polar surface area (TPSA) is 89.2 Å². The lowest BCUT2D eigenvalue weighted by molar-refractivity contribution is -0.125. The molecule has 2 aliphatic rings. The van der Waals surface area contributed by atoms with E-state index in [0.29, 0.717) is 11.5 Å². The van der Waals surface area contributed by atoms with Crippen LogP contribution in [0.2, 0.25) is 0 Å². The van der Waals surface area contributed by atoms with Crippen LogP contribution in [-0.2, 0) is 11.8 Å². The van der Waals surface area contributed by atoms with Crippen LogP contribution in [0.5, 0.6) is 0 Å². The van der Waals surface area contributed by atoms with E-state index in [1.54, 1.807) is 19.3 Å². The summed E-state index contributed by atoms with van der Waals surface area (Å²) in [6.45, 7) is 5.10. The second-order valence-electron chi connectivity index (χ2n) is 8.89. The number of anilines is 1. The summed E-state index contributed by atoms with van der Waals surface area (Å²) in [5.74, 6) is 0.103. The number of aryl methyl sites for hydroxylation is 1. The minimum atomic E-state index is -0.364. The quantitative estimate of drug-likeness (QED) is 0.644. The van der Waals surface area contributed by atoms with Crippen LogP contribution >= 0.6 is 0 Å². The number of rotatable bonds is 4. The number of carbonyl (C=O) groups is 2. The Morgan fingerprint density at radius 2 is 2.03 bits per heavy atom. The van der Waals surface area contributed by atoms with Crippen molar-refractivity contribution >= 4 is 28.8 Å². The molecule has 2 aromatic heterocycles. The van der Waals surface area contributed by atoms with Gasteiger partial charge in [-0.2, -0.15) is 0 Å². The standard InChI is InChI=1S/C24H25N5O3/c1-3-20(30)28-11-9-24(15-28)13-17(14-24)29-19-7-5-4-6-18(19)25-23(29)26-22(32)16-8-10-27(2)21(31)12-16/h3-8,10,12,17H,1,9,11,13-15H2,2H3,(H,25,26,32)/t17-,24-. The lowest BCUT2D eigenvalue weighted by Crippen LogP contribution is -2.42. The Hall–Kier alpha value is -3.68. The Morgan fingerprint density at radius 1 is 1.25 bits per heavy atom. The highest BCUT2D eigenvalue weighted by atomic mass is 16.2. The van der Waals surface area contributed by atoms with Gasteiger partial charge in [-0.25, -0.2) is 4.98 Å². The van der Waals surface area contributed by atoms with E-state index in [1.807, 2.05) is 29.2 Å². The van der Waals surface area contributed by atoms with Crippen molar-refractivity contribution in [2.24, 2.45) is 12.5 Å². The number of carbonyl (C=O) groups excluding carboxylic acids is 2. The summed E-state index contributed by atoms with van der Waals surface area (Å²) in [5.41, 5.74) is 1.94. The minimum absolute atomic E-state index is 0.0136. The van der Waals surface area contributed by atoms with Gasteiger partial charge in [0.2, 0.25) is 11.9 Å². The summed E-state index contributed by atoms with van der Waals surface area (Å²) in [6, 6.07) is 10.9. The van der Waals surface area contributed by atoms with Gasteiger partial charge in [-0.3, -0.25) is 19.7 Å². The van der Waals surface area contributed by atoms with E-state index in [1.165, 1.54) is 16.7 Å². The van der Waals surface area contributed by atoms with E-state index in [2.05, 4.69) is 21.4 Å². The van der Waals surface area contributed by atoms with E-state index in [0.717, 1.165) is 43.4 Å². The number of para-hydroxylation sites is 2. The molecular formula is C24H25N5O3. The van der Waals surface area contributed by atoms with Crippen LogP contribution < -0.4 is 10.9 Å².